The predicted octanol–water partition coefficient (Wildman–Crippen LogP) is 3.41. The molecule has 0 aromatic heterocycles. The van der Waals surface area contributed by atoms with E-state index in [4.69, 9.17) is 11.6 Å². The fourth-order valence-corrected chi connectivity index (χ4v) is 3.84. The van der Waals surface area contributed by atoms with Crippen LogP contribution in [0.3, 0.4) is 0 Å². The van der Waals surface area contributed by atoms with Gasteiger partial charge in [-0.15, -0.1) is 0 Å². The first kappa shape index (κ1) is 22.3. The van der Waals surface area contributed by atoms with Crippen LogP contribution in [0.25, 0.3) is 0 Å². The third-order valence-corrected chi connectivity index (χ3v) is 5.57. The van der Waals surface area contributed by atoms with Crippen LogP contribution in [-0.2, 0) is 16.0 Å². The minimum Gasteiger partial charge on any atom is -0.325 e. The van der Waals surface area contributed by atoms with Gasteiger partial charge in [0, 0.05) is 42.6 Å². The van der Waals surface area contributed by atoms with Crippen LogP contribution >= 0.6 is 11.6 Å². The number of amides is 2. The van der Waals surface area contributed by atoms with Crippen LogP contribution in [0.5, 0.6) is 0 Å². The maximum absolute atomic E-state index is 12.4. The summed E-state index contributed by atoms with van der Waals surface area (Å²) in [6.45, 7) is 7.73. The lowest BCUT2D eigenvalue weighted by atomic mass is 10.1. The van der Waals surface area contributed by atoms with Crippen molar-refractivity contribution >= 4 is 34.8 Å². The van der Waals surface area contributed by atoms with Crippen LogP contribution in [-0.4, -0.2) is 60.9 Å². The second-order valence-electron chi connectivity index (χ2n) is 7.62. The summed E-state index contributed by atoms with van der Waals surface area (Å²) >= 11 is 5.97. The van der Waals surface area contributed by atoms with Crippen molar-refractivity contribution in [2.24, 2.45) is 0 Å². The van der Waals surface area contributed by atoms with E-state index in [1.807, 2.05) is 43.3 Å². The summed E-state index contributed by atoms with van der Waals surface area (Å²) in [7, 11) is 0. The Kier molecular flexibility index (Phi) is 7.85. The third-order valence-electron chi connectivity index (χ3n) is 5.33. The summed E-state index contributed by atoms with van der Waals surface area (Å²) in [5.74, 6) is -0.0388. The van der Waals surface area contributed by atoms with Crippen molar-refractivity contribution in [3.05, 3.63) is 58.6 Å². The van der Waals surface area contributed by atoms with Gasteiger partial charge in [0.2, 0.25) is 11.8 Å². The van der Waals surface area contributed by atoms with Crippen molar-refractivity contribution in [3.63, 3.8) is 0 Å². The van der Waals surface area contributed by atoms with Crippen LogP contribution in [0, 0.1) is 6.92 Å². The zero-order chi connectivity index (χ0) is 21.5. The van der Waals surface area contributed by atoms with E-state index in [2.05, 4.69) is 27.4 Å². The van der Waals surface area contributed by atoms with Gasteiger partial charge < -0.3 is 10.6 Å². The molecule has 1 saturated heterocycles. The van der Waals surface area contributed by atoms with Gasteiger partial charge in [-0.1, -0.05) is 36.7 Å². The van der Waals surface area contributed by atoms with E-state index >= 15 is 0 Å². The highest BCUT2D eigenvalue weighted by Gasteiger charge is 2.21. The van der Waals surface area contributed by atoms with E-state index in [-0.39, 0.29) is 11.8 Å². The largest absolute Gasteiger partial charge is 0.325 e. The molecule has 0 unspecified atom stereocenters. The molecule has 1 aliphatic rings. The average molecular weight is 429 g/mol. The van der Waals surface area contributed by atoms with Gasteiger partial charge in [-0.3, -0.25) is 19.4 Å². The molecule has 1 aliphatic heterocycles. The Hall–Kier alpha value is -2.41. The average Bonchev–Trinajstić information content (AvgIpc) is 2.72. The van der Waals surface area contributed by atoms with Crippen LogP contribution in [0.2, 0.25) is 5.02 Å². The SMILES string of the molecule is CCc1ccccc1NC(=O)CN1CCN(CC(=O)Nc2ccc(Cl)cc2C)CC1. The minimum atomic E-state index is -0.0391. The molecule has 1 fully saturated rings. The van der Waals surface area contributed by atoms with Crippen molar-refractivity contribution < 1.29 is 9.59 Å². The number of nitrogens with one attached hydrogen (secondary N) is 2. The normalized spacial score (nSPS) is 15.0. The maximum atomic E-state index is 12.4. The Bertz CT molecular complexity index is 895. The molecule has 0 atom stereocenters. The van der Waals surface area contributed by atoms with Crippen molar-refractivity contribution in [3.8, 4) is 0 Å². The second-order valence-corrected chi connectivity index (χ2v) is 8.06. The molecule has 0 spiro atoms. The Balaban J connectivity index is 1.42. The molecular weight excluding hydrogens is 400 g/mol. The number of para-hydroxylation sites is 1. The first-order chi connectivity index (χ1) is 14.4. The van der Waals surface area contributed by atoms with Crippen LogP contribution in [0.1, 0.15) is 18.1 Å². The molecule has 2 amide bonds. The van der Waals surface area contributed by atoms with E-state index in [1.165, 1.54) is 0 Å². The van der Waals surface area contributed by atoms with E-state index in [9.17, 15) is 9.59 Å². The first-order valence-electron chi connectivity index (χ1n) is 10.3. The van der Waals surface area contributed by atoms with Gasteiger partial charge in [0.15, 0.2) is 0 Å². The molecule has 3 rings (SSSR count). The number of carbonyl (C=O) groups is 2. The van der Waals surface area contributed by atoms with Crippen molar-refractivity contribution in [2.75, 3.05) is 49.9 Å². The maximum Gasteiger partial charge on any atom is 0.238 e. The second kappa shape index (κ2) is 10.6. The van der Waals surface area contributed by atoms with E-state index in [1.54, 1.807) is 6.07 Å². The number of anilines is 2. The van der Waals surface area contributed by atoms with E-state index in [0.29, 0.717) is 18.1 Å². The van der Waals surface area contributed by atoms with Crippen molar-refractivity contribution in [2.45, 2.75) is 20.3 Å². The summed E-state index contributed by atoms with van der Waals surface area (Å²) in [6.07, 6.45) is 0.882. The molecule has 0 bridgehead atoms. The first-order valence-corrected chi connectivity index (χ1v) is 10.7. The molecule has 2 N–H and O–H groups in total. The Labute approximate surface area is 183 Å². The summed E-state index contributed by atoms with van der Waals surface area (Å²) in [5.41, 5.74) is 3.75. The molecule has 0 radical (unpaired) electrons. The van der Waals surface area contributed by atoms with Gasteiger partial charge in [0.25, 0.3) is 0 Å². The topological polar surface area (TPSA) is 64.7 Å². The fourth-order valence-electron chi connectivity index (χ4n) is 3.61. The van der Waals surface area contributed by atoms with E-state index < -0.39 is 0 Å². The molecule has 2 aromatic carbocycles. The molecule has 160 valence electrons. The quantitative estimate of drug-likeness (QED) is 0.709. The van der Waals surface area contributed by atoms with Gasteiger partial charge in [0.05, 0.1) is 13.1 Å². The van der Waals surface area contributed by atoms with Gasteiger partial charge in [-0.25, -0.2) is 0 Å². The van der Waals surface area contributed by atoms with E-state index in [0.717, 1.165) is 55.1 Å². The third kappa shape index (κ3) is 6.29. The number of hydrogen-bond donors (Lipinski definition) is 2. The molecule has 1 heterocycles. The zero-order valence-electron chi connectivity index (χ0n) is 17.6. The molecular formula is C23H29ClN4O2. The number of nitrogens with zero attached hydrogens (tertiary/aromatic N) is 2. The summed E-state index contributed by atoms with van der Waals surface area (Å²) in [6, 6.07) is 13.3. The number of rotatable bonds is 7. The van der Waals surface area contributed by atoms with Crippen molar-refractivity contribution in [1.82, 2.24) is 9.80 Å². The van der Waals surface area contributed by atoms with Gasteiger partial charge >= 0.3 is 0 Å². The Morgan fingerprint density at radius 3 is 2.03 bits per heavy atom. The highest BCUT2D eigenvalue weighted by Crippen LogP contribution is 2.19. The standard InChI is InChI=1S/C23H29ClN4O2/c1-3-18-6-4-5-7-21(18)26-23(30)16-28-12-10-27(11-13-28)15-22(29)25-20-9-8-19(24)14-17(20)2/h4-9,14H,3,10-13,15-16H2,1-2H3,(H,25,29)(H,26,30). The minimum absolute atomic E-state index is 0.000284. The molecule has 0 saturated carbocycles. The van der Waals surface area contributed by atoms with Crippen LogP contribution in [0.15, 0.2) is 42.5 Å². The molecule has 0 aliphatic carbocycles. The Morgan fingerprint density at radius 1 is 0.900 bits per heavy atom. The van der Waals surface area contributed by atoms with Gasteiger partial charge in [-0.2, -0.15) is 0 Å². The highest BCUT2D eigenvalue weighted by atomic mass is 35.5. The monoisotopic (exact) mass is 428 g/mol. The zero-order valence-corrected chi connectivity index (χ0v) is 18.3. The number of aryl methyl sites for hydroxylation is 2. The molecule has 6 nitrogen and oxygen atoms in total. The smallest absolute Gasteiger partial charge is 0.238 e. The lowest BCUT2D eigenvalue weighted by Crippen LogP contribution is -2.50. The molecule has 30 heavy (non-hydrogen) atoms. The Morgan fingerprint density at radius 2 is 1.47 bits per heavy atom. The van der Waals surface area contributed by atoms with Gasteiger partial charge in [0.1, 0.15) is 0 Å². The summed E-state index contributed by atoms with van der Waals surface area (Å²) < 4.78 is 0. The summed E-state index contributed by atoms with van der Waals surface area (Å²) in [5, 5.41) is 6.63. The van der Waals surface area contributed by atoms with Gasteiger partial charge in [-0.05, 0) is 48.7 Å². The number of carbonyl (C=O) groups excluding carboxylic acids is 2. The number of hydrogen-bond acceptors (Lipinski definition) is 4. The summed E-state index contributed by atoms with van der Waals surface area (Å²) in [4.78, 5) is 29.0. The van der Waals surface area contributed by atoms with Crippen LogP contribution in [0.4, 0.5) is 11.4 Å². The lowest BCUT2D eigenvalue weighted by Gasteiger charge is -2.33. The highest BCUT2D eigenvalue weighted by molar-refractivity contribution is 6.30. The number of benzene rings is 2. The number of piperazine rings is 1. The predicted molar refractivity (Wildman–Crippen MR) is 122 cm³/mol. The molecule has 7 heteroatoms. The fraction of sp³-hybridized carbons (Fsp3) is 0.391. The van der Waals surface area contributed by atoms with Crippen molar-refractivity contribution in [1.29, 1.82) is 0 Å². The lowest BCUT2D eigenvalue weighted by molar-refractivity contribution is -0.120. The number of halogens is 1. The molecule has 2 aromatic rings. The van der Waals surface area contributed by atoms with Crippen LogP contribution < -0.4 is 10.6 Å².